The van der Waals surface area contributed by atoms with Crippen molar-refractivity contribution in [3.8, 4) is 0 Å². The van der Waals surface area contributed by atoms with Crippen LogP contribution in [0.1, 0.15) is 0 Å². The zero-order chi connectivity index (χ0) is 12.0. The largest absolute Gasteiger partial charge is 3.00 e. The molecule has 0 spiro atoms. The van der Waals surface area contributed by atoms with E-state index in [9.17, 15) is 0 Å². The molecule has 0 unspecified atom stereocenters. The van der Waals surface area contributed by atoms with Crippen LogP contribution < -0.4 is 29.6 Å². The molecule has 0 aliphatic carbocycles. The SMILES string of the molecule is [C-]#N.[C-]#N.[C-]#N.[C-]#N.[C-]#N.[C-]#N.[Fe+3].[Na+]. The molecule has 65 valence electrons. The van der Waals surface area contributed by atoms with Crippen LogP contribution in [0.2, 0.25) is 0 Å². The Hall–Kier alpha value is -1.54. The van der Waals surface area contributed by atoms with Gasteiger partial charge in [0.05, 0.1) is 0 Å². The van der Waals surface area contributed by atoms with Crippen LogP contribution in [-0.2, 0) is 17.1 Å². The zero-order valence-electron chi connectivity index (χ0n) is 7.04. The van der Waals surface area contributed by atoms with Gasteiger partial charge in [0.15, 0.2) is 0 Å². The third kappa shape index (κ3) is 394. The fraction of sp³-hybridized carbons (Fsp3) is 0. The molecule has 14 heavy (non-hydrogen) atoms. The van der Waals surface area contributed by atoms with Crippen LogP contribution in [0.5, 0.6) is 0 Å². The van der Waals surface area contributed by atoms with E-state index in [1.54, 1.807) is 0 Å². The molecule has 0 rings (SSSR count). The monoisotopic (exact) mass is 235 g/mol. The van der Waals surface area contributed by atoms with Gasteiger partial charge in [-0.3, -0.25) is 0 Å². The summed E-state index contributed by atoms with van der Waals surface area (Å²) in [6.07, 6.45) is 0. The minimum absolute atomic E-state index is 0. The maximum Gasteiger partial charge on any atom is 3.00 e. The molecule has 0 aliphatic rings. The second kappa shape index (κ2) is 528. The standard InChI is InChI=1S/6CN.Fe.Na/c6*1-2;;/q6*-1;+3;+1. The third-order valence-electron chi connectivity index (χ3n) is 0. The first-order chi connectivity index (χ1) is 6.00. The number of nitrogens with zero attached hydrogens (tertiary/aromatic N) is 6. The third-order valence-corrected chi connectivity index (χ3v) is 0. The molecule has 0 atom stereocenters. The summed E-state index contributed by atoms with van der Waals surface area (Å²) >= 11 is 0. The summed E-state index contributed by atoms with van der Waals surface area (Å²) in [7, 11) is 0. The zero-order valence-corrected chi connectivity index (χ0v) is 10.1. The van der Waals surface area contributed by atoms with Gasteiger partial charge in [-0.1, -0.05) is 0 Å². The van der Waals surface area contributed by atoms with E-state index >= 15 is 0 Å². The molecule has 0 aromatic rings. The molecule has 0 amide bonds. The van der Waals surface area contributed by atoms with E-state index in [4.69, 9.17) is 71.0 Å². The van der Waals surface area contributed by atoms with Gasteiger partial charge in [0.25, 0.3) is 0 Å². The van der Waals surface area contributed by atoms with Crippen LogP contribution in [0.15, 0.2) is 0 Å². The van der Waals surface area contributed by atoms with Gasteiger partial charge < -0.3 is 71.0 Å². The van der Waals surface area contributed by atoms with E-state index in [-0.39, 0.29) is 46.6 Å². The van der Waals surface area contributed by atoms with Crippen molar-refractivity contribution in [2.45, 2.75) is 0 Å². The van der Waals surface area contributed by atoms with E-state index in [2.05, 4.69) is 0 Å². The summed E-state index contributed by atoms with van der Waals surface area (Å²) < 4.78 is 0. The van der Waals surface area contributed by atoms with Crippen LogP contribution in [0, 0.1) is 71.0 Å². The average Bonchev–Trinajstić information content (AvgIpc) is 2.33. The van der Waals surface area contributed by atoms with E-state index in [1.807, 2.05) is 0 Å². The Labute approximate surface area is 117 Å². The Morgan fingerprint density at radius 3 is 0.357 bits per heavy atom. The molecular formula is C6FeN6Na-2. The summed E-state index contributed by atoms with van der Waals surface area (Å²) in [6, 6.07) is 0. The van der Waals surface area contributed by atoms with Crippen molar-refractivity contribution in [3.63, 3.8) is 0 Å². The van der Waals surface area contributed by atoms with Crippen molar-refractivity contribution in [1.82, 2.24) is 0 Å². The quantitative estimate of drug-likeness (QED) is 0.337. The molecule has 0 saturated heterocycles. The minimum atomic E-state index is 0. The number of hydrogen-bond acceptors (Lipinski definition) is 6. The van der Waals surface area contributed by atoms with Crippen molar-refractivity contribution < 1.29 is 46.6 Å². The Morgan fingerprint density at radius 2 is 0.357 bits per heavy atom. The fourth-order valence-electron chi connectivity index (χ4n) is 0. The fourth-order valence-corrected chi connectivity index (χ4v) is 0. The Balaban J connectivity index is -0.00000000500. The van der Waals surface area contributed by atoms with Crippen molar-refractivity contribution in [2.75, 3.05) is 0 Å². The smallest absolute Gasteiger partial charge is 0.512 e. The first-order valence-electron chi connectivity index (χ1n) is 1.34. The van der Waals surface area contributed by atoms with Crippen LogP contribution in [0.25, 0.3) is 0 Å². The van der Waals surface area contributed by atoms with Gasteiger partial charge in [-0.15, -0.1) is 0 Å². The van der Waals surface area contributed by atoms with E-state index < -0.39 is 0 Å². The van der Waals surface area contributed by atoms with Crippen LogP contribution in [-0.4, -0.2) is 0 Å². The normalized spacial score (nSPS) is 0.857. The maximum absolute atomic E-state index is 6.25. The summed E-state index contributed by atoms with van der Waals surface area (Å²) in [5, 5.41) is 37.5. The number of hydrogen-bond donors (Lipinski definition) is 0. The first-order valence-corrected chi connectivity index (χ1v) is 1.34. The topological polar surface area (TPSA) is 143 Å². The molecule has 0 aromatic carbocycles. The second-order valence-electron chi connectivity index (χ2n) is 0. The number of rotatable bonds is 0. The summed E-state index contributed by atoms with van der Waals surface area (Å²) in [6.45, 7) is 28.5. The molecule has 8 heteroatoms. The van der Waals surface area contributed by atoms with Crippen molar-refractivity contribution in [3.05, 3.63) is 39.4 Å². The predicted molar refractivity (Wildman–Crippen MR) is 29.8 cm³/mol. The predicted octanol–water partition coefficient (Wildman–Crippen LogP) is -2.42. The van der Waals surface area contributed by atoms with Crippen LogP contribution in [0.4, 0.5) is 0 Å². The van der Waals surface area contributed by atoms with Crippen LogP contribution >= 0.6 is 0 Å². The average molecular weight is 235 g/mol. The molecule has 6 nitrogen and oxygen atoms in total. The van der Waals surface area contributed by atoms with E-state index in [1.165, 1.54) is 0 Å². The molecule has 0 aromatic heterocycles. The summed E-state index contributed by atoms with van der Waals surface area (Å²) in [4.78, 5) is 0. The van der Waals surface area contributed by atoms with Gasteiger partial charge in [-0.25, -0.2) is 0 Å². The Bertz CT molecular complexity index is 97.3. The van der Waals surface area contributed by atoms with E-state index in [0.717, 1.165) is 0 Å². The van der Waals surface area contributed by atoms with Crippen molar-refractivity contribution in [2.24, 2.45) is 0 Å². The summed E-state index contributed by atoms with van der Waals surface area (Å²) in [5.41, 5.74) is 0. The van der Waals surface area contributed by atoms with Crippen molar-refractivity contribution >= 4 is 0 Å². The van der Waals surface area contributed by atoms with Crippen molar-refractivity contribution in [1.29, 1.82) is 31.6 Å². The van der Waals surface area contributed by atoms with Gasteiger partial charge in [0.2, 0.25) is 0 Å². The maximum atomic E-state index is 6.25. The molecule has 0 N–H and O–H groups in total. The van der Waals surface area contributed by atoms with Gasteiger partial charge in [0.1, 0.15) is 0 Å². The molecule has 0 saturated carbocycles. The first kappa shape index (κ1) is 82.3. The van der Waals surface area contributed by atoms with E-state index in [0.29, 0.717) is 0 Å². The summed E-state index contributed by atoms with van der Waals surface area (Å²) in [5.74, 6) is 0. The second-order valence-corrected chi connectivity index (χ2v) is 0. The Morgan fingerprint density at radius 1 is 0.357 bits per heavy atom. The molecule has 0 heterocycles. The van der Waals surface area contributed by atoms with Crippen LogP contribution in [0.3, 0.4) is 0 Å². The molecule has 0 bridgehead atoms. The molecule has 1 radical (unpaired) electrons. The van der Waals surface area contributed by atoms with Gasteiger partial charge in [-0.2, -0.15) is 0 Å². The molecule has 0 aliphatic heterocycles. The minimum Gasteiger partial charge on any atom is -0.512 e. The molecular weight excluding hydrogens is 235 g/mol. The Kier molecular flexibility index (Phi) is 3100. The molecule has 0 fully saturated rings. The van der Waals surface area contributed by atoms with Gasteiger partial charge in [-0.05, 0) is 0 Å². The van der Waals surface area contributed by atoms with Gasteiger partial charge >= 0.3 is 46.6 Å². The van der Waals surface area contributed by atoms with Gasteiger partial charge in [0, 0.05) is 0 Å².